The van der Waals surface area contributed by atoms with Gasteiger partial charge in [-0.15, -0.1) is 0 Å². The van der Waals surface area contributed by atoms with Crippen LogP contribution in [0.2, 0.25) is 0 Å². The van der Waals surface area contributed by atoms with Gasteiger partial charge in [0.25, 0.3) is 0 Å². The smallest absolute Gasteiger partial charge is 0.336 e. The highest BCUT2D eigenvalue weighted by Gasteiger charge is 2.14. The number of benzene rings is 2. The minimum atomic E-state index is -1.02. The maximum absolute atomic E-state index is 11.7. The van der Waals surface area contributed by atoms with Crippen molar-refractivity contribution >= 4 is 17.6 Å². The van der Waals surface area contributed by atoms with E-state index in [9.17, 15) is 9.90 Å². The lowest BCUT2D eigenvalue weighted by Crippen LogP contribution is -2.01. The fourth-order valence-corrected chi connectivity index (χ4v) is 2.32. The van der Waals surface area contributed by atoms with E-state index in [1.54, 1.807) is 24.3 Å². The molecule has 0 aliphatic rings. The van der Waals surface area contributed by atoms with E-state index in [4.69, 9.17) is 14.2 Å². The van der Waals surface area contributed by atoms with Crippen LogP contribution in [0.15, 0.2) is 42.5 Å². The van der Waals surface area contributed by atoms with E-state index in [0.29, 0.717) is 23.7 Å². The fraction of sp³-hybridized carbons (Fsp3) is 0.250. The second kappa shape index (κ2) is 8.78. The van der Waals surface area contributed by atoms with Gasteiger partial charge in [0.1, 0.15) is 5.75 Å². The van der Waals surface area contributed by atoms with Crippen molar-refractivity contribution < 1.29 is 24.1 Å². The molecule has 0 saturated carbocycles. The minimum absolute atomic E-state index is 0.170. The molecule has 0 aliphatic heterocycles. The maximum atomic E-state index is 11.7. The Balaban J connectivity index is 2.34. The van der Waals surface area contributed by atoms with Crippen LogP contribution in [0, 0.1) is 0 Å². The lowest BCUT2D eigenvalue weighted by Gasteiger charge is -2.10. The number of hydrogen-bond acceptors (Lipinski definition) is 4. The van der Waals surface area contributed by atoms with E-state index >= 15 is 0 Å². The monoisotopic (exact) mass is 342 g/mol. The Morgan fingerprint density at radius 1 is 1.04 bits per heavy atom. The molecule has 0 atom stereocenters. The van der Waals surface area contributed by atoms with Crippen LogP contribution >= 0.6 is 0 Å². The van der Waals surface area contributed by atoms with Crippen molar-refractivity contribution in [1.29, 1.82) is 0 Å². The summed E-state index contributed by atoms with van der Waals surface area (Å²) < 4.78 is 16.0. The van der Waals surface area contributed by atoms with E-state index in [1.807, 2.05) is 31.2 Å². The molecule has 0 radical (unpaired) electrons. The maximum Gasteiger partial charge on any atom is 0.336 e. The van der Waals surface area contributed by atoms with Crippen LogP contribution in [0.4, 0.5) is 0 Å². The van der Waals surface area contributed by atoms with Crippen LogP contribution in [0.25, 0.3) is 11.6 Å². The first kappa shape index (κ1) is 18.4. The molecular formula is C20H22O5. The van der Waals surface area contributed by atoms with Gasteiger partial charge in [0.15, 0.2) is 11.5 Å². The second-order valence-electron chi connectivity index (χ2n) is 5.35. The molecule has 0 spiro atoms. The number of methoxy groups -OCH3 is 2. The third-order valence-corrected chi connectivity index (χ3v) is 3.59. The Morgan fingerprint density at radius 3 is 2.28 bits per heavy atom. The number of carboxylic acids is 1. The van der Waals surface area contributed by atoms with Crippen molar-refractivity contribution in [2.75, 3.05) is 20.8 Å². The molecule has 5 heteroatoms. The number of carbonyl (C=O) groups is 1. The average Bonchev–Trinajstić information content (AvgIpc) is 2.64. The van der Waals surface area contributed by atoms with Crippen LogP contribution in [0.1, 0.15) is 24.5 Å². The molecule has 0 aliphatic carbocycles. The first-order chi connectivity index (χ1) is 12.1. The minimum Gasteiger partial charge on any atom is -0.494 e. The molecule has 25 heavy (non-hydrogen) atoms. The molecule has 132 valence electrons. The number of ether oxygens (including phenoxy) is 3. The van der Waals surface area contributed by atoms with Crippen molar-refractivity contribution in [3.8, 4) is 17.2 Å². The van der Waals surface area contributed by atoms with Crippen molar-refractivity contribution in [1.82, 2.24) is 0 Å². The standard InChI is InChI=1S/C20H22O5/c1-4-11-25-16-8-5-14(6-9-16)12-17(20(21)22)15-7-10-18(23-2)19(13-15)24-3/h5-10,12-13H,4,11H2,1-3H3,(H,21,22)/b17-12-. The molecule has 1 N–H and O–H groups in total. The van der Waals surface area contributed by atoms with Gasteiger partial charge < -0.3 is 19.3 Å². The Morgan fingerprint density at radius 2 is 1.72 bits per heavy atom. The molecule has 0 bridgehead atoms. The third-order valence-electron chi connectivity index (χ3n) is 3.59. The molecule has 0 aromatic heterocycles. The lowest BCUT2D eigenvalue weighted by molar-refractivity contribution is -0.130. The highest BCUT2D eigenvalue weighted by atomic mass is 16.5. The molecule has 0 heterocycles. The molecular weight excluding hydrogens is 320 g/mol. The van der Waals surface area contributed by atoms with Crippen LogP contribution in [0.5, 0.6) is 17.2 Å². The van der Waals surface area contributed by atoms with Gasteiger partial charge in [-0.3, -0.25) is 0 Å². The first-order valence-electron chi connectivity index (χ1n) is 7.99. The Labute approximate surface area is 147 Å². The summed E-state index contributed by atoms with van der Waals surface area (Å²) in [7, 11) is 3.05. The Bertz CT molecular complexity index is 747. The van der Waals surface area contributed by atoms with Gasteiger partial charge in [-0.2, -0.15) is 0 Å². The zero-order valence-corrected chi connectivity index (χ0v) is 14.6. The number of carboxylic acid groups (broad SMARTS) is 1. The van der Waals surface area contributed by atoms with Crippen molar-refractivity contribution in [2.45, 2.75) is 13.3 Å². The topological polar surface area (TPSA) is 65.0 Å². The summed E-state index contributed by atoms with van der Waals surface area (Å²) >= 11 is 0. The highest BCUT2D eigenvalue weighted by Crippen LogP contribution is 2.31. The summed E-state index contributed by atoms with van der Waals surface area (Å²) in [4.78, 5) is 11.7. The predicted octanol–water partition coefficient (Wildman–Crippen LogP) is 4.12. The molecule has 0 unspecified atom stereocenters. The summed E-state index contributed by atoms with van der Waals surface area (Å²) in [6.45, 7) is 2.70. The zero-order valence-electron chi connectivity index (χ0n) is 14.6. The Hall–Kier alpha value is -2.95. The zero-order chi connectivity index (χ0) is 18.2. The first-order valence-corrected chi connectivity index (χ1v) is 7.99. The fourth-order valence-electron chi connectivity index (χ4n) is 2.32. The van der Waals surface area contributed by atoms with Crippen molar-refractivity contribution in [2.24, 2.45) is 0 Å². The summed E-state index contributed by atoms with van der Waals surface area (Å²) in [6.07, 6.45) is 2.55. The molecule has 2 aromatic carbocycles. The SMILES string of the molecule is CCCOc1ccc(/C=C(\C(=O)O)c2ccc(OC)c(OC)c2)cc1. The predicted molar refractivity (Wildman–Crippen MR) is 97.3 cm³/mol. The van der Waals surface area contributed by atoms with E-state index in [2.05, 4.69) is 0 Å². The van der Waals surface area contributed by atoms with Gasteiger partial charge >= 0.3 is 5.97 Å². The highest BCUT2D eigenvalue weighted by molar-refractivity contribution is 6.20. The van der Waals surface area contributed by atoms with Crippen LogP contribution in [-0.2, 0) is 4.79 Å². The quantitative estimate of drug-likeness (QED) is 0.577. The Kier molecular flexibility index (Phi) is 6.46. The van der Waals surface area contributed by atoms with Crippen LogP contribution in [-0.4, -0.2) is 31.9 Å². The van der Waals surface area contributed by atoms with E-state index < -0.39 is 5.97 Å². The van der Waals surface area contributed by atoms with Crippen molar-refractivity contribution in [3.63, 3.8) is 0 Å². The molecule has 0 fully saturated rings. The van der Waals surface area contributed by atoms with Crippen molar-refractivity contribution in [3.05, 3.63) is 53.6 Å². The number of aliphatic carboxylic acids is 1. The largest absolute Gasteiger partial charge is 0.494 e. The molecule has 0 saturated heterocycles. The lowest BCUT2D eigenvalue weighted by atomic mass is 10.0. The van der Waals surface area contributed by atoms with Crippen LogP contribution < -0.4 is 14.2 Å². The van der Waals surface area contributed by atoms with E-state index in [-0.39, 0.29) is 5.57 Å². The molecule has 5 nitrogen and oxygen atoms in total. The summed E-state index contributed by atoms with van der Waals surface area (Å²) in [6, 6.07) is 12.3. The second-order valence-corrected chi connectivity index (χ2v) is 5.35. The average molecular weight is 342 g/mol. The van der Waals surface area contributed by atoms with Gasteiger partial charge in [0, 0.05) is 0 Å². The number of hydrogen-bond donors (Lipinski definition) is 1. The van der Waals surface area contributed by atoms with Crippen LogP contribution in [0.3, 0.4) is 0 Å². The van der Waals surface area contributed by atoms with E-state index in [0.717, 1.165) is 17.7 Å². The third kappa shape index (κ3) is 4.76. The normalized spacial score (nSPS) is 11.1. The van der Waals surface area contributed by atoms with Gasteiger partial charge in [0.2, 0.25) is 0 Å². The van der Waals surface area contributed by atoms with Gasteiger partial charge in [-0.05, 0) is 47.9 Å². The molecule has 0 amide bonds. The summed E-state index contributed by atoms with van der Waals surface area (Å²) in [5.74, 6) is 0.782. The van der Waals surface area contributed by atoms with Gasteiger partial charge in [0.05, 0.1) is 26.4 Å². The summed E-state index contributed by atoms with van der Waals surface area (Å²) in [5, 5.41) is 9.58. The van der Waals surface area contributed by atoms with E-state index in [1.165, 1.54) is 14.2 Å². The molecule has 2 rings (SSSR count). The number of rotatable bonds is 8. The molecule has 2 aromatic rings. The van der Waals surface area contributed by atoms with Gasteiger partial charge in [-0.1, -0.05) is 25.1 Å². The summed E-state index contributed by atoms with van der Waals surface area (Å²) in [5.41, 5.74) is 1.48. The van der Waals surface area contributed by atoms with Gasteiger partial charge in [-0.25, -0.2) is 4.79 Å².